The van der Waals surface area contributed by atoms with Gasteiger partial charge >= 0.3 is 0 Å². The van der Waals surface area contributed by atoms with Crippen molar-refractivity contribution in [2.75, 3.05) is 14.2 Å². The van der Waals surface area contributed by atoms with Crippen LogP contribution in [0.15, 0.2) is 59.2 Å². The Hall–Kier alpha value is -1.95. The molecule has 4 atom stereocenters. The van der Waals surface area contributed by atoms with Crippen LogP contribution in [0, 0.1) is 5.92 Å². The Morgan fingerprint density at radius 1 is 1.09 bits per heavy atom. The number of allylic oxidation sites excluding steroid dienone is 1. The van der Waals surface area contributed by atoms with E-state index >= 15 is 0 Å². The van der Waals surface area contributed by atoms with Crippen molar-refractivity contribution in [3.8, 4) is 0 Å². The maximum atomic E-state index is 6.22. The minimum atomic E-state index is -0.247. The topological polar surface area (TPSA) is 68.9 Å². The van der Waals surface area contributed by atoms with Crippen molar-refractivity contribution >= 4 is 5.71 Å². The predicted octanol–water partition coefficient (Wildman–Crippen LogP) is 1.42. The highest BCUT2D eigenvalue weighted by atomic mass is 16.5. The van der Waals surface area contributed by atoms with Crippen molar-refractivity contribution in [3.63, 3.8) is 0 Å². The van der Waals surface area contributed by atoms with Gasteiger partial charge in [-0.2, -0.15) is 5.10 Å². The van der Waals surface area contributed by atoms with Gasteiger partial charge in [-0.1, -0.05) is 42.5 Å². The summed E-state index contributed by atoms with van der Waals surface area (Å²) < 4.78 is 10.9. The number of nitrogens with two attached hydrogens (primary N) is 1. The second-order valence-corrected chi connectivity index (χ2v) is 5.42. The number of rotatable bonds is 4. The lowest BCUT2D eigenvalue weighted by molar-refractivity contribution is 0.0131. The first-order chi connectivity index (χ1) is 10.7. The van der Waals surface area contributed by atoms with E-state index < -0.39 is 0 Å². The van der Waals surface area contributed by atoms with Crippen LogP contribution in [0.25, 0.3) is 0 Å². The number of hydrogen-bond acceptors (Lipinski definition) is 5. The van der Waals surface area contributed by atoms with Crippen molar-refractivity contribution in [1.29, 1.82) is 0 Å². The van der Waals surface area contributed by atoms with Crippen LogP contribution in [0.3, 0.4) is 0 Å². The van der Waals surface area contributed by atoms with Crippen LogP contribution in [0.2, 0.25) is 0 Å². The van der Waals surface area contributed by atoms with Gasteiger partial charge in [0.1, 0.15) is 18.4 Å². The fourth-order valence-corrected chi connectivity index (χ4v) is 2.95. The molecule has 1 aromatic rings. The van der Waals surface area contributed by atoms with Crippen molar-refractivity contribution in [3.05, 3.63) is 59.7 Å². The highest BCUT2D eigenvalue weighted by Crippen LogP contribution is 2.29. The van der Waals surface area contributed by atoms with E-state index in [-0.39, 0.29) is 24.3 Å². The monoisotopic (exact) mass is 299 g/mol. The molecule has 5 nitrogen and oxygen atoms in total. The van der Waals surface area contributed by atoms with Gasteiger partial charge in [0, 0.05) is 14.2 Å². The predicted molar refractivity (Wildman–Crippen MR) is 86.4 cm³/mol. The zero-order chi connectivity index (χ0) is 15.5. The third kappa shape index (κ3) is 2.70. The smallest absolute Gasteiger partial charge is 0.106 e. The minimum Gasteiger partial charge on any atom is -0.374 e. The lowest BCUT2D eigenvalue weighted by Crippen LogP contribution is -2.40. The third-order valence-corrected chi connectivity index (χ3v) is 4.12. The number of ether oxygens (including phenoxy) is 2. The second kappa shape index (κ2) is 6.44. The molecule has 1 aromatic carbocycles. The van der Waals surface area contributed by atoms with Gasteiger partial charge in [0.05, 0.1) is 11.6 Å². The van der Waals surface area contributed by atoms with Gasteiger partial charge < -0.3 is 15.2 Å². The van der Waals surface area contributed by atoms with Gasteiger partial charge in [0.2, 0.25) is 0 Å². The highest BCUT2D eigenvalue weighted by Gasteiger charge is 2.34. The number of benzene rings is 1. The Labute approximate surface area is 130 Å². The van der Waals surface area contributed by atoms with E-state index in [1.165, 1.54) is 0 Å². The number of hydrogen-bond donors (Lipinski definition) is 2. The Bertz CT molecular complexity index is 610. The van der Waals surface area contributed by atoms with Crippen molar-refractivity contribution in [1.82, 2.24) is 5.43 Å². The summed E-state index contributed by atoms with van der Waals surface area (Å²) in [5, 5.41) is 4.43. The van der Waals surface area contributed by atoms with Gasteiger partial charge in [0.25, 0.3) is 0 Å². The maximum Gasteiger partial charge on any atom is 0.106 e. The molecular weight excluding hydrogens is 278 g/mol. The van der Waals surface area contributed by atoms with E-state index in [0.717, 1.165) is 16.8 Å². The van der Waals surface area contributed by atoms with E-state index in [9.17, 15) is 0 Å². The van der Waals surface area contributed by atoms with Crippen LogP contribution in [0.4, 0.5) is 0 Å². The van der Waals surface area contributed by atoms with Crippen LogP contribution in [0.5, 0.6) is 0 Å². The summed E-state index contributed by atoms with van der Waals surface area (Å²) in [6.07, 6.45) is 5.70. The second-order valence-electron chi connectivity index (χ2n) is 5.42. The molecule has 0 aromatic heterocycles. The molecule has 3 rings (SSSR count). The van der Waals surface area contributed by atoms with E-state index in [1.54, 1.807) is 14.2 Å². The normalized spacial score (nSPS) is 30.7. The molecular formula is C17H21N3O2. The summed E-state index contributed by atoms with van der Waals surface area (Å²) in [7, 11) is 3.36. The minimum absolute atomic E-state index is 0.00546. The molecule has 0 fully saturated rings. The molecule has 5 heteroatoms. The number of hydrazone groups is 1. The highest BCUT2D eigenvalue weighted by molar-refractivity contribution is 6.05. The summed E-state index contributed by atoms with van der Waals surface area (Å²) in [4.78, 5) is 0. The lowest BCUT2D eigenvalue weighted by atomic mass is 9.85. The molecule has 0 bridgehead atoms. The van der Waals surface area contributed by atoms with E-state index in [4.69, 9.17) is 15.2 Å². The van der Waals surface area contributed by atoms with Gasteiger partial charge in [0.15, 0.2) is 0 Å². The van der Waals surface area contributed by atoms with Gasteiger partial charge in [-0.3, -0.25) is 5.43 Å². The summed E-state index contributed by atoms with van der Waals surface area (Å²) in [6.45, 7) is 0. The average molecular weight is 299 g/mol. The zero-order valence-corrected chi connectivity index (χ0v) is 12.8. The van der Waals surface area contributed by atoms with E-state index in [0.29, 0.717) is 0 Å². The first-order valence-corrected chi connectivity index (χ1v) is 7.34. The van der Waals surface area contributed by atoms with Crippen molar-refractivity contribution < 1.29 is 9.47 Å². The van der Waals surface area contributed by atoms with Crippen LogP contribution in [-0.2, 0) is 9.47 Å². The summed E-state index contributed by atoms with van der Waals surface area (Å²) in [5.74, 6) is -0.00546. The molecule has 0 saturated heterocycles. The molecule has 1 heterocycles. The maximum absolute atomic E-state index is 6.22. The molecule has 1 aliphatic carbocycles. The zero-order valence-electron chi connectivity index (χ0n) is 12.8. The molecule has 3 N–H and O–H groups in total. The van der Waals surface area contributed by atoms with Crippen LogP contribution in [0.1, 0.15) is 5.56 Å². The number of methoxy groups -OCH3 is 2. The first kappa shape index (κ1) is 15.0. The van der Waals surface area contributed by atoms with Gasteiger partial charge in [-0.25, -0.2) is 0 Å². The van der Waals surface area contributed by atoms with Crippen molar-refractivity contribution in [2.45, 2.75) is 18.4 Å². The van der Waals surface area contributed by atoms with Crippen LogP contribution in [-0.4, -0.2) is 38.3 Å². The van der Waals surface area contributed by atoms with E-state index in [2.05, 4.69) is 22.7 Å². The Kier molecular flexibility index (Phi) is 4.38. The van der Waals surface area contributed by atoms with Gasteiger partial charge in [-0.15, -0.1) is 0 Å². The fourth-order valence-electron chi connectivity index (χ4n) is 2.95. The van der Waals surface area contributed by atoms with Crippen LogP contribution >= 0.6 is 0 Å². The molecule has 0 amide bonds. The molecule has 0 radical (unpaired) electrons. The van der Waals surface area contributed by atoms with E-state index in [1.807, 2.05) is 36.4 Å². The SMILES string of the molecule is COC1C=CC(C2C(c3ccccc3)=NNC2N)=CC1OC. The lowest BCUT2D eigenvalue weighted by Gasteiger charge is -2.27. The molecule has 2 aliphatic rings. The number of nitrogens with one attached hydrogen (secondary N) is 1. The molecule has 4 unspecified atom stereocenters. The van der Waals surface area contributed by atoms with Crippen LogP contribution < -0.4 is 11.2 Å². The molecule has 116 valence electrons. The van der Waals surface area contributed by atoms with Crippen molar-refractivity contribution in [2.24, 2.45) is 16.8 Å². The Morgan fingerprint density at radius 2 is 1.82 bits per heavy atom. The number of nitrogens with zero attached hydrogens (tertiary/aromatic N) is 1. The molecule has 0 spiro atoms. The largest absolute Gasteiger partial charge is 0.374 e. The fraction of sp³-hybridized carbons (Fsp3) is 0.353. The first-order valence-electron chi connectivity index (χ1n) is 7.34. The third-order valence-electron chi connectivity index (χ3n) is 4.12. The summed E-state index contributed by atoms with van der Waals surface area (Å²) in [6, 6.07) is 10.1. The summed E-state index contributed by atoms with van der Waals surface area (Å²) >= 11 is 0. The Balaban J connectivity index is 1.91. The quantitative estimate of drug-likeness (QED) is 0.882. The Morgan fingerprint density at radius 3 is 2.50 bits per heavy atom. The van der Waals surface area contributed by atoms with Gasteiger partial charge in [-0.05, 0) is 17.2 Å². The summed E-state index contributed by atoms with van der Waals surface area (Å²) in [5.41, 5.74) is 12.3. The average Bonchev–Trinajstić information content (AvgIpc) is 2.96. The molecule has 0 saturated carbocycles. The molecule has 1 aliphatic heterocycles. The molecule has 22 heavy (non-hydrogen) atoms. The standard InChI is InChI=1S/C17H21N3O2/c1-21-13-9-8-12(10-14(13)22-2)15-16(19-20-17(15)18)11-6-4-3-5-7-11/h3-10,13-15,17,20H,18H2,1-2H3.